The van der Waals surface area contributed by atoms with Crippen LogP contribution >= 0.6 is 0 Å². The Bertz CT molecular complexity index is 94.9. The van der Waals surface area contributed by atoms with Gasteiger partial charge in [-0.15, -0.1) is 0 Å². The zero-order valence-corrected chi connectivity index (χ0v) is 5.07. The number of hydrogen-bond acceptors (Lipinski definition) is 2. The molecule has 0 bridgehead atoms. The lowest BCUT2D eigenvalue weighted by molar-refractivity contribution is -0.00000829. The van der Waals surface area contributed by atoms with Crippen molar-refractivity contribution in [1.82, 2.24) is 6.15 Å². The highest BCUT2D eigenvalue weighted by molar-refractivity contribution is 7.79. The maximum absolute atomic E-state index is 8.74. The fourth-order valence-electron chi connectivity index (χ4n) is 0. The molecule has 7 heteroatoms. The first-order chi connectivity index (χ1) is 2.00. The van der Waals surface area contributed by atoms with Crippen molar-refractivity contribution in [2.75, 3.05) is 0 Å². The lowest BCUT2D eigenvalue weighted by Gasteiger charge is -1.68. The van der Waals surface area contributed by atoms with E-state index in [0.717, 1.165) is 0 Å². The van der Waals surface area contributed by atoms with Crippen LogP contribution in [0, 0.1) is 0 Å². The Morgan fingerprint density at radius 2 is 1.14 bits per heavy atom. The van der Waals surface area contributed by atoms with Gasteiger partial charge in [-0.2, -0.15) is 8.42 Å². The average Bonchev–Trinajstić information content (AvgIpc) is 0.722. The van der Waals surface area contributed by atoms with Gasteiger partial charge in [0.25, 0.3) is 0 Å². The van der Waals surface area contributed by atoms with Crippen molar-refractivity contribution in [3.8, 4) is 0 Å². The van der Waals surface area contributed by atoms with Gasteiger partial charge in [-0.05, 0) is 0 Å². The van der Waals surface area contributed by atoms with Gasteiger partial charge in [0.2, 0.25) is 0 Å². The summed E-state index contributed by atoms with van der Waals surface area (Å²) >= 11 is 0. The fraction of sp³-hybridized carbons (Fsp3) is 0. The Balaban J connectivity index is -0.0000000800. The fourth-order valence-corrected chi connectivity index (χ4v) is 0. The molecule has 0 heterocycles. The van der Waals surface area contributed by atoms with Gasteiger partial charge in [-0.3, -0.25) is 9.11 Å². The van der Waals surface area contributed by atoms with Crippen LogP contribution in [0.15, 0.2) is 0 Å². The van der Waals surface area contributed by atoms with Gasteiger partial charge in [0, 0.05) is 0 Å². The molecule has 0 atom stereocenters. The molecule has 48 valence electrons. The van der Waals surface area contributed by atoms with Crippen molar-refractivity contribution in [3.63, 3.8) is 0 Å². The second kappa shape index (κ2) is 4.28. The highest BCUT2D eigenvalue weighted by atomic mass is 35.5. The molecule has 0 aliphatic heterocycles. The number of quaternary nitrogens is 1. The Morgan fingerprint density at radius 1 is 1.14 bits per heavy atom. The highest BCUT2D eigenvalue weighted by Gasteiger charge is 1.84. The summed E-state index contributed by atoms with van der Waals surface area (Å²) in [5, 5.41) is 0. The molecule has 0 fully saturated rings. The van der Waals surface area contributed by atoms with Crippen LogP contribution in [0.4, 0.5) is 0 Å². The van der Waals surface area contributed by atoms with Gasteiger partial charge < -0.3 is 18.6 Å². The molecule has 0 spiro atoms. The molecule has 0 radical (unpaired) electrons. The number of halogens is 1. The van der Waals surface area contributed by atoms with E-state index in [1.54, 1.807) is 0 Å². The van der Waals surface area contributed by atoms with Crippen molar-refractivity contribution >= 4 is 10.4 Å². The van der Waals surface area contributed by atoms with Gasteiger partial charge in [0.1, 0.15) is 0 Å². The molecular formula is H6ClNO4S. The molecule has 0 aliphatic carbocycles. The van der Waals surface area contributed by atoms with Crippen LogP contribution in [0.5, 0.6) is 0 Å². The van der Waals surface area contributed by atoms with Crippen LogP contribution < -0.4 is 18.6 Å². The van der Waals surface area contributed by atoms with Gasteiger partial charge in [0.15, 0.2) is 0 Å². The molecule has 0 aromatic rings. The summed E-state index contributed by atoms with van der Waals surface area (Å²) in [5.41, 5.74) is 0. The Hall–Kier alpha value is 0.120. The maximum Gasteiger partial charge on any atom is 0.394 e. The van der Waals surface area contributed by atoms with Crippen LogP contribution in [0.3, 0.4) is 0 Å². The predicted octanol–water partition coefficient (Wildman–Crippen LogP) is -3.27. The first-order valence-corrected chi connectivity index (χ1v) is 2.10. The minimum Gasteiger partial charge on any atom is -1.00 e. The molecule has 0 aromatic carbocycles. The minimum absolute atomic E-state index is 0. The molecule has 0 aliphatic rings. The lowest BCUT2D eigenvalue weighted by atomic mass is 14.0. The van der Waals surface area contributed by atoms with Crippen LogP contribution in [0.2, 0.25) is 0 Å². The first-order valence-electron chi connectivity index (χ1n) is 0.698. The quantitative estimate of drug-likeness (QED) is 0.316. The van der Waals surface area contributed by atoms with Crippen LogP contribution in [-0.4, -0.2) is 17.5 Å². The van der Waals surface area contributed by atoms with Crippen molar-refractivity contribution in [1.29, 1.82) is 0 Å². The van der Waals surface area contributed by atoms with Crippen LogP contribution in [0.25, 0.3) is 0 Å². The van der Waals surface area contributed by atoms with Gasteiger partial charge in [-0.25, -0.2) is 0 Å². The molecule has 0 saturated carbocycles. The summed E-state index contributed by atoms with van der Waals surface area (Å²) in [4.78, 5) is 0. The maximum atomic E-state index is 8.74. The Labute approximate surface area is 47.3 Å². The predicted molar refractivity (Wildman–Crippen MR) is 20.2 cm³/mol. The second-order valence-electron chi connectivity index (χ2n) is 0.448. The van der Waals surface area contributed by atoms with E-state index in [1.807, 2.05) is 0 Å². The summed E-state index contributed by atoms with van der Waals surface area (Å²) < 4.78 is 31.6. The SMILES string of the molecule is O=S(=O)(O)O.[Cl-].[NH4+]. The summed E-state index contributed by atoms with van der Waals surface area (Å²) in [7, 11) is -4.67. The molecule has 0 rings (SSSR count). The third kappa shape index (κ3) is 7210. The largest absolute Gasteiger partial charge is 1.00 e. The summed E-state index contributed by atoms with van der Waals surface area (Å²) in [6.07, 6.45) is 0. The Morgan fingerprint density at radius 3 is 1.14 bits per heavy atom. The smallest absolute Gasteiger partial charge is 0.394 e. The van der Waals surface area contributed by atoms with E-state index >= 15 is 0 Å². The molecule has 6 N–H and O–H groups in total. The van der Waals surface area contributed by atoms with Crippen molar-refractivity contribution in [3.05, 3.63) is 0 Å². The van der Waals surface area contributed by atoms with Crippen molar-refractivity contribution in [2.45, 2.75) is 0 Å². The Kier molecular flexibility index (Phi) is 9.61. The monoisotopic (exact) mass is 151 g/mol. The highest BCUT2D eigenvalue weighted by Crippen LogP contribution is 1.59. The van der Waals surface area contributed by atoms with Crippen LogP contribution in [0.1, 0.15) is 0 Å². The van der Waals surface area contributed by atoms with E-state index in [2.05, 4.69) is 0 Å². The molecule has 5 nitrogen and oxygen atoms in total. The van der Waals surface area contributed by atoms with Crippen LogP contribution in [-0.2, 0) is 10.4 Å². The van der Waals surface area contributed by atoms with E-state index in [9.17, 15) is 0 Å². The molecule has 7 heavy (non-hydrogen) atoms. The molecular weight excluding hydrogens is 146 g/mol. The third-order valence-corrected chi connectivity index (χ3v) is 0. The summed E-state index contributed by atoms with van der Waals surface area (Å²) in [6.45, 7) is 0. The molecule has 0 saturated heterocycles. The van der Waals surface area contributed by atoms with E-state index in [1.165, 1.54) is 0 Å². The average molecular weight is 152 g/mol. The molecule has 0 unspecified atom stereocenters. The van der Waals surface area contributed by atoms with E-state index in [-0.39, 0.29) is 18.6 Å². The topological polar surface area (TPSA) is 111 Å². The summed E-state index contributed by atoms with van der Waals surface area (Å²) in [6, 6.07) is 0. The lowest BCUT2D eigenvalue weighted by Crippen LogP contribution is -3.00. The van der Waals surface area contributed by atoms with Crippen molar-refractivity contribution in [2.24, 2.45) is 0 Å². The van der Waals surface area contributed by atoms with E-state index in [4.69, 9.17) is 17.5 Å². The third-order valence-electron chi connectivity index (χ3n) is 0. The minimum atomic E-state index is -4.67. The second-order valence-corrected chi connectivity index (χ2v) is 1.34. The van der Waals surface area contributed by atoms with Gasteiger partial charge in [-0.1, -0.05) is 0 Å². The van der Waals surface area contributed by atoms with Gasteiger partial charge >= 0.3 is 10.4 Å². The normalized spacial score (nSPS) is 8.29. The zero-order chi connectivity index (χ0) is 4.50. The summed E-state index contributed by atoms with van der Waals surface area (Å²) in [5.74, 6) is 0. The zero-order valence-electron chi connectivity index (χ0n) is 3.50. The van der Waals surface area contributed by atoms with E-state index < -0.39 is 10.4 Å². The van der Waals surface area contributed by atoms with E-state index in [0.29, 0.717) is 0 Å². The number of hydrogen-bond donors (Lipinski definition) is 3. The standard InChI is InChI=1S/ClH.H3N.H2O4S/c;;1-5(2,3)4/h1H;1H3;(H2,1,2,3,4). The van der Waals surface area contributed by atoms with Crippen molar-refractivity contribution < 1.29 is 29.9 Å². The van der Waals surface area contributed by atoms with Gasteiger partial charge in [0.05, 0.1) is 0 Å². The molecule has 0 aromatic heterocycles. The number of rotatable bonds is 0. The molecule has 0 amide bonds. The first kappa shape index (κ1) is 15.7.